The number of rotatable bonds is 4. The molecule has 2 aliphatic heterocycles. The predicted molar refractivity (Wildman–Crippen MR) is 62.1 cm³/mol. The molecule has 1 N–H and O–H groups in total. The van der Waals surface area contributed by atoms with Crippen molar-refractivity contribution in [1.82, 2.24) is 10.2 Å². The van der Waals surface area contributed by atoms with Crippen LogP contribution in [0.3, 0.4) is 0 Å². The normalized spacial score (nSPS) is 33.4. The molecule has 2 fully saturated rings. The molecule has 2 rings (SSSR count). The first-order valence-corrected chi connectivity index (χ1v) is 6.35. The second-order valence-corrected chi connectivity index (χ2v) is 4.84. The molecule has 2 saturated heterocycles. The van der Waals surface area contributed by atoms with Crippen LogP contribution in [0.25, 0.3) is 0 Å². The van der Waals surface area contributed by atoms with Gasteiger partial charge in [-0.2, -0.15) is 0 Å². The molecule has 0 spiro atoms. The van der Waals surface area contributed by atoms with E-state index in [1.165, 1.54) is 45.3 Å². The van der Waals surface area contributed by atoms with Gasteiger partial charge in [-0.25, -0.2) is 0 Å². The summed E-state index contributed by atoms with van der Waals surface area (Å²) in [5.41, 5.74) is 0. The van der Waals surface area contributed by atoms with Gasteiger partial charge in [0.2, 0.25) is 0 Å². The van der Waals surface area contributed by atoms with Crippen LogP contribution in [-0.4, -0.2) is 50.8 Å². The lowest BCUT2D eigenvalue weighted by atomic mass is 9.90. The summed E-state index contributed by atoms with van der Waals surface area (Å²) < 4.78 is 5.18. The van der Waals surface area contributed by atoms with Crippen LogP contribution in [0.4, 0.5) is 0 Å². The van der Waals surface area contributed by atoms with E-state index < -0.39 is 0 Å². The summed E-state index contributed by atoms with van der Waals surface area (Å²) in [6, 6.07) is 0.827. The Balaban J connectivity index is 1.82. The van der Waals surface area contributed by atoms with Crippen LogP contribution in [0.5, 0.6) is 0 Å². The molecule has 3 heteroatoms. The monoisotopic (exact) mass is 212 g/mol. The maximum atomic E-state index is 5.18. The van der Waals surface area contributed by atoms with Crippen LogP contribution in [0.1, 0.15) is 25.7 Å². The number of nitrogens with zero attached hydrogens (tertiary/aromatic N) is 1. The van der Waals surface area contributed by atoms with E-state index in [0.29, 0.717) is 0 Å². The molecule has 2 heterocycles. The van der Waals surface area contributed by atoms with Gasteiger partial charge in [0.05, 0.1) is 6.61 Å². The van der Waals surface area contributed by atoms with Crippen LogP contribution in [-0.2, 0) is 4.74 Å². The molecule has 3 nitrogen and oxygen atoms in total. The van der Waals surface area contributed by atoms with E-state index in [1.807, 2.05) is 0 Å². The van der Waals surface area contributed by atoms with Gasteiger partial charge in [0.15, 0.2) is 0 Å². The quantitative estimate of drug-likeness (QED) is 0.755. The van der Waals surface area contributed by atoms with Crippen molar-refractivity contribution in [2.45, 2.75) is 31.7 Å². The molecule has 0 aliphatic carbocycles. The average Bonchev–Trinajstić information content (AvgIpc) is 2.75. The molecule has 0 aromatic carbocycles. The highest BCUT2D eigenvalue weighted by atomic mass is 16.5. The maximum Gasteiger partial charge on any atom is 0.0589 e. The Morgan fingerprint density at radius 3 is 3.00 bits per heavy atom. The summed E-state index contributed by atoms with van der Waals surface area (Å²) in [5, 5.41) is 3.53. The van der Waals surface area contributed by atoms with Crippen LogP contribution < -0.4 is 5.32 Å². The number of hydrogen-bond acceptors (Lipinski definition) is 3. The molecular weight excluding hydrogens is 188 g/mol. The summed E-state index contributed by atoms with van der Waals surface area (Å²) in [6.45, 7) is 5.74. The topological polar surface area (TPSA) is 24.5 Å². The predicted octanol–water partition coefficient (Wildman–Crippen LogP) is 1.10. The van der Waals surface area contributed by atoms with E-state index in [1.54, 1.807) is 7.11 Å². The minimum atomic E-state index is 0.827. The second-order valence-electron chi connectivity index (χ2n) is 4.84. The van der Waals surface area contributed by atoms with Crippen molar-refractivity contribution in [2.75, 3.05) is 39.9 Å². The standard InChI is InChI=1S/C12H24N2O/c1-15-9-8-14-7-3-5-12(14)11-4-2-6-13-10-11/h11-13H,2-10H2,1H3. The molecule has 0 amide bonds. The van der Waals surface area contributed by atoms with Crippen molar-refractivity contribution >= 4 is 0 Å². The highest BCUT2D eigenvalue weighted by molar-refractivity contribution is 4.87. The third-order valence-corrected chi connectivity index (χ3v) is 3.88. The van der Waals surface area contributed by atoms with E-state index in [-0.39, 0.29) is 0 Å². The van der Waals surface area contributed by atoms with Crippen molar-refractivity contribution in [1.29, 1.82) is 0 Å². The molecule has 0 aromatic rings. The van der Waals surface area contributed by atoms with E-state index in [2.05, 4.69) is 10.2 Å². The minimum absolute atomic E-state index is 0.827. The number of nitrogens with one attached hydrogen (secondary N) is 1. The molecule has 2 aliphatic rings. The molecule has 0 radical (unpaired) electrons. The average molecular weight is 212 g/mol. The lowest BCUT2D eigenvalue weighted by Crippen LogP contribution is -2.44. The van der Waals surface area contributed by atoms with Gasteiger partial charge in [-0.05, 0) is 51.2 Å². The van der Waals surface area contributed by atoms with Gasteiger partial charge in [-0.3, -0.25) is 4.90 Å². The van der Waals surface area contributed by atoms with Gasteiger partial charge >= 0.3 is 0 Å². The molecule has 0 saturated carbocycles. The summed E-state index contributed by atoms with van der Waals surface area (Å²) in [6.07, 6.45) is 5.56. The van der Waals surface area contributed by atoms with Gasteiger partial charge < -0.3 is 10.1 Å². The second kappa shape index (κ2) is 5.83. The minimum Gasteiger partial charge on any atom is -0.383 e. The number of hydrogen-bond donors (Lipinski definition) is 1. The van der Waals surface area contributed by atoms with E-state index in [0.717, 1.165) is 25.1 Å². The molecule has 2 unspecified atom stereocenters. The molecule has 88 valence electrons. The fraction of sp³-hybridized carbons (Fsp3) is 1.00. The SMILES string of the molecule is COCCN1CCCC1C1CCCNC1. The van der Waals surface area contributed by atoms with Crippen molar-refractivity contribution in [3.8, 4) is 0 Å². The van der Waals surface area contributed by atoms with Crippen LogP contribution in [0.2, 0.25) is 0 Å². The van der Waals surface area contributed by atoms with E-state index >= 15 is 0 Å². The molecule has 15 heavy (non-hydrogen) atoms. The van der Waals surface area contributed by atoms with Crippen LogP contribution >= 0.6 is 0 Å². The third-order valence-electron chi connectivity index (χ3n) is 3.88. The fourth-order valence-corrected chi connectivity index (χ4v) is 3.08. The maximum absolute atomic E-state index is 5.18. The number of piperidine rings is 1. The fourth-order valence-electron chi connectivity index (χ4n) is 3.08. The first-order chi connectivity index (χ1) is 7.42. The number of likely N-dealkylation sites (tertiary alicyclic amines) is 1. The number of methoxy groups -OCH3 is 1. The van der Waals surface area contributed by atoms with Gasteiger partial charge in [0.1, 0.15) is 0 Å². The molecule has 0 bridgehead atoms. The van der Waals surface area contributed by atoms with Crippen molar-refractivity contribution < 1.29 is 4.74 Å². The Morgan fingerprint density at radius 1 is 1.33 bits per heavy atom. The lowest BCUT2D eigenvalue weighted by molar-refractivity contribution is 0.112. The summed E-state index contributed by atoms with van der Waals surface area (Å²) in [4.78, 5) is 2.64. The van der Waals surface area contributed by atoms with Crippen molar-refractivity contribution in [3.05, 3.63) is 0 Å². The summed E-state index contributed by atoms with van der Waals surface area (Å²) in [7, 11) is 1.80. The zero-order valence-corrected chi connectivity index (χ0v) is 9.87. The molecular formula is C12H24N2O. The van der Waals surface area contributed by atoms with Crippen molar-refractivity contribution in [3.63, 3.8) is 0 Å². The highest BCUT2D eigenvalue weighted by Gasteiger charge is 2.31. The van der Waals surface area contributed by atoms with Crippen LogP contribution in [0.15, 0.2) is 0 Å². The number of ether oxygens (including phenoxy) is 1. The van der Waals surface area contributed by atoms with Crippen LogP contribution in [0, 0.1) is 5.92 Å². The lowest BCUT2D eigenvalue weighted by Gasteiger charge is -2.34. The van der Waals surface area contributed by atoms with Crippen molar-refractivity contribution in [2.24, 2.45) is 5.92 Å². The Labute approximate surface area is 93.2 Å². The molecule has 0 aromatic heterocycles. The van der Waals surface area contributed by atoms with E-state index in [4.69, 9.17) is 4.74 Å². The Bertz CT molecular complexity index is 180. The zero-order chi connectivity index (χ0) is 10.5. The van der Waals surface area contributed by atoms with Gasteiger partial charge in [0, 0.05) is 19.7 Å². The first-order valence-electron chi connectivity index (χ1n) is 6.35. The zero-order valence-electron chi connectivity index (χ0n) is 9.87. The highest BCUT2D eigenvalue weighted by Crippen LogP contribution is 2.27. The Morgan fingerprint density at radius 2 is 2.27 bits per heavy atom. The largest absolute Gasteiger partial charge is 0.383 e. The smallest absolute Gasteiger partial charge is 0.0589 e. The third kappa shape index (κ3) is 2.92. The Kier molecular flexibility index (Phi) is 4.42. The summed E-state index contributed by atoms with van der Waals surface area (Å²) >= 11 is 0. The van der Waals surface area contributed by atoms with Gasteiger partial charge in [-0.1, -0.05) is 0 Å². The van der Waals surface area contributed by atoms with E-state index in [9.17, 15) is 0 Å². The summed E-state index contributed by atoms with van der Waals surface area (Å²) in [5.74, 6) is 0.887. The van der Waals surface area contributed by atoms with Gasteiger partial charge in [-0.15, -0.1) is 0 Å². The van der Waals surface area contributed by atoms with Gasteiger partial charge in [0.25, 0.3) is 0 Å². The molecule has 2 atom stereocenters. The first kappa shape index (κ1) is 11.4. The Hall–Kier alpha value is -0.120.